The molecule has 0 aliphatic heterocycles. The Bertz CT molecular complexity index is 498. The van der Waals surface area contributed by atoms with E-state index in [1.807, 2.05) is 24.5 Å². The molecule has 2 rings (SSSR count). The summed E-state index contributed by atoms with van der Waals surface area (Å²) in [4.78, 5) is 4.06. The van der Waals surface area contributed by atoms with E-state index in [0.717, 1.165) is 17.7 Å². The molecule has 0 spiro atoms. The fourth-order valence-corrected chi connectivity index (χ4v) is 2.22. The molecule has 0 radical (unpaired) electrons. The lowest BCUT2D eigenvalue weighted by Crippen LogP contribution is -2.05. The Morgan fingerprint density at radius 3 is 2.41 bits per heavy atom. The van der Waals surface area contributed by atoms with Crippen LogP contribution in [0.3, 0.4) is 0 Å². The molecule has 3 heteroatoms. The molecule has 3 nitrogen and oxygen atoms in total. The lowest BCUT2D eigenvalue weighted by atomic mass is 10.1. The smallest absolute Gasteiger partial charge is 0.0959 e. The SMILES string of the molecule is CCc1c(-c2ccncc2)nn(C(C)C)c1C. The van der Waals surface area contributed by atoms with E-state index in [4.69, 9.17) is 5.10 Å². The molecule has 0 saturated carbocycles. The topological polar surface area (TPSA) is 30.7 Å². The van der Waals surface area contributed by atoms with Crippen molar-refractivity contribution in [3.05, 3.63) is 35.8 Å². The van der Waals surface area contributed by atoms with Crippen LogP contribution in [0.1, 0.15) is 38.1 Å². The third-order valence-electron chi connectivity index (χ3n) is 3.07. The van der Waals surface area contributed by atoms with Crippen molar-refractivity contribution in [2.24, 2.45) is 0 Å². The Balaban J connectivity index is 2.58. The second-order valence-electron chi connectivity index (χ2n) is 4.54. The van der Waals surface area contributed by atoms with Crippen molar-refractivity contribution in [2.75, 3.05) is 0 Å². The number of rotatable bonds is 3. The summed E-state index contributed by atoms with van der Waals surface area (Å²) in [5.74, 6) is 0. The number of pyridine rings is 1. The number of hydrogen-bond acceptors (Lipinski definition) is 2. The summed E-state index contributed by atoms with van der Waals surface area (Å²) < 4.78 is 2.11. The zero-order chi connectivity index (χ0) is 12.4. The van der Waals surface area contributed by atoms with E-state index in [0.29, 0.717) is 6.04 Å². The number of nitrogens with zero attached hydrogens (tertiary/aromatic N) is 3. The van der Waals surface area contributed by atoms with Gasteiger partial charge in [-0.25, -0.2) is 0 Å². The zero-order valence-electron chi connectivity index (χ0n) is 10.9. The van der Waals surface area contributed by atoms with Crippen molar-refractivity contribution >= 4 is 0 Å². The van der Waals surface area contributed by atoms with Gasteiger partial charge in [-0.05, 0) is 39.3 Å². The second-order valence-corrected chi connectivity index (χ2v) is 4.54. The van der Waals surface area contributed by atoms with Gasteiger partial charge in [0.05, 0.1) is 5.69 Å². The highest BCUT2D eigenvalue weighted by molar-refractivity contribution is 5.63. The molecule has 90 valence electrons. The van der Waals surface area contributed by atoms with Gasteiger partial charge in [-0.15, -0.1) is 0 Å². The minimum absolute atomic E-state index is 0.399. The third kappa shape index (κ3) is 2.09. The maximum Gasteiger partial charge on any atom is 0.0959 e. The van der Waals surface area contributed by atoms with Crippen molar-refractivity contribution in [3.63, 3.8) is 0 Å². The average Bonchev–Trinajstić information content (AvgIpc) is 2.67. The van der Waals surface area contributed by atoms with Gasteiger partial charge in [0.15, 0.2) is 0 Å². The molecule has 17 heavy (non-hydrogen) atoms. The Labute approximate surface area is 103 Å². The highest BCUT2D eigenvalue weighted by Gasteiger charge is 2.15. The van der Waals surface area contributed by atoms with Crippen LogP contribution in [-0.4, -0.2) is 14.8 Å². The zero-order valence-corrected chi connectivity index (χ0v) is 10.9. The lowest BCUT2D eigenvalue weighted by molar-refractivity contribution is 0.519. The van der Waals surface area contributed by atoms with Gasteiger partial charge in [0.25, 0.3) is 0 Å². The van der Waals surface area contributed by atoms with E-state index >= 15 is 0 Å². The summed E-state index contributed by atoms with van der Waals surface area (Å²) in [5.41, 5.74) is 4.86. The summed E-state index contributed by atoms with van der Waals surface area (Å²) in [6.07, 6.45) is 4.65. The number of aromatic nitrogens is 3. The van der Waals surface area contributed by atoms with Gasteiger partial charge < -0.3 is 0 Å². The van der Waals surface area contributed by atoms with Crippen molar-refractivity contribution in [1.82, 2.24) is 14.8 Å². The quantitative estimate of drug-likeness (QED) is 0.807. The molecule has 0 amide bonds. The number of hydrogen-bond donors (Lipinski definition) is 0. The van der Waals surface area contributed by atoms with Crippen molar-refractivity contribution in [1.29, 1.82) is 0 Å². The molecule has 0 aromatic carbocycles. The first kappa shape index (κ1) is 11.8. The van der Waals surface area contributed by atoms with Gasteiger partial charge in [0.1, 0.15) is 0 Å². The first-order chi connectivity index (χ1) is 8.15. The molecular weight excluding hydrogens is 210 g/mol. The monoisotopic (exact) mass is 229 g/mol. The maximum atomic E-state index is 4.74. The van der Waals surface area contributed by atoms with Gasteiger partial charge in [0.2, 0.25) is 0 Å². The van der Waals surface area contributed by atoms with E-state index in [-0.39, 0.29) is 0 Å². The summed E-state index contributed by atoms with van der Waals surface area (Å²) in [6, 6.07) is 4.44. The summed E-state index contributed by atoms with van der Waals surface area (Å²) in [5, 5.41) is 4.74. The summed E-state index contributed by atoms with van der Waals surface area (Å²) >= 11 is 0. The van der Waals surface area contributed by atoms with Crippen molar-refractivity contribution < 1.29 is 0 Å². The van der Waals surface area contributed by atoms with Crippen LogP contribution in [0.4, 0.5) is 0 Å². The highest BCUT2D eigenvalue weighted by atomic mass is 15.3. The Morgan fingerprint density at radius 2 is 1.88 bits per heavy atom. The maximum absolute atomic E-state index is 4.74. The average molecular weight is 229 g/mol. The van der Waals surface area contributed by atoms with Gasteiger partial charge in [-0.3, -0.25) is 9.67 Å². The second kappa shape index (κ2) is 4.70. The predicted molar refractivity (Wildman–Crippen MR) is 70.0 cm³/mol. The summed E-state index contributed by atoms with van der Waals surface area (Å²) in [7, 11) is 0. The van der Waals surface area contributed by atoms with E-state index in [1.54, 1.807) is 0 Å². The van der Waals surface area contributed by atoms with E-state index in [2.05, 4.69) is 37.4 Å². The predicted octanol–water partition coefficient (Wildman–Crippen LogP) is 3.40. The molecular formula is C14H19N3. The van der Waals surface area contributed by atoms with Gasteiger partial charge >= 0.3 is 0 Å². The van der Waals surface area contributed by atoms with E-state index < -0.39 is 0 Å². The Kier molecular flexibility index (Phi) is 3.27. The minimum atomic E-state index is 0.399. The first-order valence-electron chi connectivity index (χ1n) is 6.13. The normalized spacial score (nSPS) is 11.1. The molecule has 0 aliphatic rings. The Hall–Kier alpha value is -1.64. The molecule has 0 unspecified atom stereocenters. The highest BCUT2D eigenvalue weighted by Crippen LogP contribution is 2.26. The summed E-state index contributed by atoms with van der Waals surface area (Å²) in [6.45, 7) is 8.65. The Morgan fingerprint density at radius 1 is 1.24 bits per heavy atom. The molecule has 2 heterocycles. The fourth-order valence-electron chi connectivity index (χ4n) is 2.22. The van der Waals surface area contributed by atoms with Crippen LogP contribution in [0.5, 0.6) is 0 Å². The largest absolute Gasteiger partial charge is 0.266 e. The lowest BCUT2D eigenvalue weighted by Gasteiger charge is -2.07. The molecule has 0 atom stereocenters. The van der Waals surface area contributed by atoms with Crippen LogP contribution >= 0.6 is 0 Å². The fraction of sp³-hybridized carbons (Fsp3) is 0.429. The van der Waals surface area contributed by atoms with Gasteiger partial charge in [0, 0.05) is 35.3 Å². The minimum Gasteiger partial charge on any atom is -0.266 e. The molecule has 0 bridgehead atoms. The van der Waals surface area contributed by atoms with Crippen molar-refractivity contribution in [3.8, 4) is 11.3 Å². The molecule has 0 N–H and O–H groups in total. The molecule has 0 aliphatic carbocycles. The molecule has 2 aromatic heterocycles. The van der Waals surface area contributed by atoms with Crippen LogP contribution in [0.25, 0.3) is 11.3 Å². The van der Waals surface area contributed by atoms with Gasteiger partial charge in [-0.1, -0.05) is 6.92 Å². The van der Waals surface area contributed by atoms with Crippen LogP contribution in [-0.2, 0) is 6.42 Å². The van der Waals surface area contributed by atoms with Crippen LogP contribution in [0.15, 0.2) is 24.5 Å². The standard InChI is InChI=1S/C14H19N3/c1-5-13-11(4)17(10(2)3)16-14(13)12-6-8-15-9-7-12/h6-10H,5H2,1-4H3. The third-order valence-corrected chi connectivity index (χ3v) is 3.07. The molecule has 0 saturated heterocycles. The molecule has 2 aromatic rings. The van der Waals surface area contributed by atoms with E-state index in [1.165, 1.54) is 11.3 Å². The van der Waals surface area contributed by atoms with Crippen LogP contribution in [0.2, 0.25) is 0 Å². The van der Waals surface area contributed by atoms with Gasteiger partial charge in [-0.2, -0.15) is 5.10 Å². The van der Waals surface area contributed by atoms with Crippen LogP contribution in [0, 0.1) is 6.92 Å². The van der Waals surface area contributed by atoms with Crippen LogP contribution < -0.4 is 0 Å². The first-order valence-corrected chi connectivity index (χ1v) is 6.13. The van der Waals surface area contributed by atoms with Crippen molar-refractivity contribution in [2.45, 2.75) is 40.2 Å². The van der Waals surface area contributed by atoms with E-state index in [9.17, 15) is 0 Å². The molecule has 0 fully saturated rings.